The van der Waals surface area contributed by atoms with Gasteiger partial charge in [0.15, 0.2) is 0 Å². The lowest BCUT2D eigenvalue weighted by Gasteiger charge is -2.41. The highest BCUT2D eigenvalue weighted by atomic mass is 16.6. The minimum Gasteiger partial charge on any atom is -0.669 e. The molecule has 2 aliphatic heterocycles. The van der Waals surface area contributed by atoms with Crippen LogP contribution in [0.1, 0.15) is 29.3 Å². The molecule has 0 spiro atoms. The minimum absolute atomic E-state index is 0.0197. The standard InChI is InChI=1S/C18H25BN3O8/c1-10(23)21-7-5-13(20)17(24)22-8-12(9-22)29-14-3-2-11-4-6-19(27,28)30-16(11)15(14)18(25)26/h2-3,12-13,27-28H,4-9,20H2,1H3,(H,21,23)(H,25,26)/q-1. The molecule has 0 aliphatic carbocycles. The Kier molecular flexibility index (Phi) is 6.20. The van der Waals surface area contributed by atoms with E-state index in [-0.39, 0.29) is 54.7 Å². The van der Waals surface area contributed by atoms with Crippen LogP contribution in [0, 0.1) is 0 Å². The largest absolute Gasteiger partial charge is 0.669 e. The second kappa shape index (κ2) is 8.50. The number of nitrogens with one attached hydrogen (secondary N) is 1. The smallest absolute Gasteiger partial charge is 0.430 e. The summed E-state index contributed by atoms with van der Waals surface area (Å²) in [6.45, 7) is -0.974. The zero-order chi connectivity index (χ0) is 22.1. The Balaban J connectivity index is 1.61. The summed E-state index contributed by atoms with van der Waals surface area (Å²) in [4.78, 5) is 36.4. The number of carbonyl (C=O) groups is 3. The summed E-state index contributed by atoms with van der Waals surface area (Å²) in [6, 6.07) is 2.38. The van der Waals surface area contributed by atoms with Crippen LogP contribution in [-0.4, -0.2) is 76.4 Å². The van der Waals surface area contributed by atoms with Gasteiger partial charge in [0.2, 0.25) is 11.8 Å². The third-order valence-corrected chi connectivity index (χ3v) is 5.11. The monoisotopic (exact) mass is 422 g/mol. The topological polar surface area (TPSA) is 172 Å². The molecular formula is C18H25BN3O8-. The first-order valence-electron chi connectivity index (χ1n) is 9.71. The zero-order valence-corrected chi connectivity index (χ0v) is 16.5. The van der Waals surface area contributed by atoms with E-state index >= 15 is 0 Å². The van der Waals surface area contributed by atoms with E-state index in [4.69, 9.17) is 15.1 Å². The highest BCUT2D eigenvalue weighted by molar-refractivity contribution is 6.59. The van der Waals surface area contributed by atoms with Crippen LogP contribution in [0.2, 0.25) is 6.32 Å². The van der Waals surface area contributed by atoms with Crippen molar-refractivity contribution in [1.82, 2.24) is 10.2 Å². The maximum atomic E-state index is 12.3. The van der Waals surface area contributed by atoms with Crippen molar-refractivity contribution in [1.29, 1.82) is 0 Å². The minimum atomic E-state index is -3.12. The lowest BCUT2D eigenvalue weighted by atomic mass is 9.70. The third kappa shape index (κ3) is 4.83. The summed E-state index contributed by atoms with van der Waals surface area (Å²) < 4.78 is 10.9. The summed E-state index contributed by atoms with van der Waals surface area (Å²) in [5.41, 5.74) is 6.13. The molecule has 12 heteroatoms. The number of amides is 2. The number of aryl methyl sites for hydroxylation is 1. The molecule has 11 nitrogen and oxygen atoms in total. The first-order chi connectivity index (χ1) is 14.1. The Hall–Kier alpha value is -2.83. The number of carboxylic acid groups (broad SMARTS) is 1. The van der Waals surface area contributed by atoms with Gasteiger partial charge in [0.1, 0.15) is 17.4 Å². The number of nitrogens with two attached hydrogens (primary N) is 1. The van der Waals surface area contributed by atoms with Gasteiger partial charge in [0.25, 0.3) is 0 Å². The number of hydrogen-bond donors (Lipinski definition) is 5. The summed E-state index contributed by atoms with van der Waals surface area (Å²) in [5, 5.41) is 31.7. The van der Waals surface area contributed by atoms with Gasteiger partial charge in [-0.25, -0.2) is 4.79 Å². The molecule has 0 bridgehead atoms. The Labute approximate surface area is 172 Å². The normalized spacial score (nSPS) is 18.5. The fourth-order valence-electron chi connectivity index (χ4n) is 3.47. The van der Waals surface area contributed by atoms with Crippen LogP contribution in [0.4, 0.5) is 0 Å². The van der Waals surface area contributed by atoms with Crippen LogP contribution >= 0.6 is 0 Å². The number of carbonyl (C=O) groups excluding carboxylic acids is 2. The Morgan fingerprint density at radius 2 is 2.07 bits per heavy atom. The van der Waals surface area contributed by atoms with Gasteiger partial charge in [-0.3, -0.25) is 9.59 Å². The van der Waals surface area contributed by atoms with Crippen LogP contribution in [0.3, 0.4) is 0 Å². The molecule has 2 heterocycles. The van der Waals surface area contributed by atoms with E-state index in [0.717, 1.165) is 0 Å². The molecule has 2 aliphatic rings. The Morgan fingerprint density at radius 1 is 1.37 bits per heavy atom. The average molecular weight is 422 g/mol. The Morgan fingerprint density at radius 3 is 2.70 bits per heavy atom. The molecule has 1 aromatic rings. The van der Waals surface area contributed by atoms with Crippen LogP contribution in [0.5, 0.6) is 11.5 Å². The summed E-state index contributed by atoms with van der Waals surface area (Å²) >= 11 is 0. The number of likely N-dealkylation sites (tertiary alicyclic amines) is 1. The summed E-state index contributed by atoms with van der Waals surface area (Å²) in [6.07, 6.45) is 0.117. The van der Waals surface area contributed by atoms with Crippen molar-refractivity contribution in [2.75, 3.05) is 19.6 Å². The molecule has 1 aromatic carbocycles. The van der Waals surface area contributed by atoms with E-state index in [1.807, 2.05) is 0 Å². The van der Waals surface area contributed by atoms with E-state index < -0.39 is 24.9 Å². The molecule has 1 fully saturated rings. The van der Waals surface area contributed by atoms with Gasteiger partial charge in [-0.05, 0) is 24.5 Å². The van der Waals surface area contributed by atoms with Crippen molar-refractivity contribution < 1.29 is 38.9 Å². The predicted octanol–water partition coefficient (Wildman–Crippen LogP) is -1.31. The summed E-state index contributed by atoms with van der Waals surface area (Å²) in [7, 11) is 0. The first-order valence-corrected chi connectivity index (χ1v) is 9.71. The maximum absolute atomic E-state index is 12.3. The van der Waals surface area contributed by atoms with E-state index in [1.54, 1.807) is 6.07 Å². The van der Waals surface area contributed by atoms with Crippen LogP contribution in [0.25, 0.3) is 0 Å². The van der Waals surface area contributed by atoms with Gasteiger partial charge in [-0.1, -0.05) is 12.4 Å². The molecule has 1 saturated heterocycles. The number of aromatic carboxylic acids is 1. The number of nitrogens with zero attached hydrogens (tertiary/aromatic N) is 1. The lowest BCUT2D eigenvalue weighted by Crippen LogP contribution is -2.60. The highest BCUT2D eigenvalue weighted by Crippen LogP contribution is 2.38. The summed E-state index contributed by atoms with van der Waals surface area (Å²) in [5.74, 6) is -1.87. The van der Waals surface area contributed by atoms with Gasteiger partial charge in [0, 0.05) is 13.5 Å². The fraction of sp³-hybridized carbons (Fsp3) is 0.500. The predicted molar refractivity (Wildman–Crippen MR) is 105 cm³/mol. The van der Waals surface area contributed by atoms with E-state index in [2.05, 4.69) is 5.32 Å². The molecule has 2 amide bonds. The quantitative estimate of drug-likeness (QED) is 0.335. The SMILES string of the molecule is CC(=O)NCCC(N)C(=O)N1CC(Oc2ccc3c(c2C(=O)O)O[B-](O)(O)CC3)C1. The van der Waals surface area contributed by atoms with Crippen molar-refractivity contribution in [3.8, 4) is 11.5 Å². The van der Waals surface area contributed by atoms with E-state index in [9.17, 15) is 29.5 Å². The van der Waals surface area contributed by atoms with E-state index in [0.29, 0.717) is 18.5 Å². The van der Waals surface area contributed by atoms with Gasteiger partial charge in [0.05, 0.1) is 24.9 Å². The third-order valence-electron chi connectivity index (χ3n) is 5.11. The molecule has 6 N–H and O–H groups in total. The average Bonchev–Trinajstić information content (AvgIpc) is 2.61. The van der Waals surface area contributed by atoms with Crippen molar-refractivity contribution in [2.24, 2.45) is 5.73 Å². The molecule has 3 rings (SSSR count). The molecule has 164 valence electrons. The molecule has 1 atom stereocenters. The number of carboxylic acids is 1. The van der Waals surface area contributed by atoms with Crippen LogP contribution < -0.4 is 20.4 Å². The second-order valence-electron chi connectivity index (χ2n) is 7.61. The maximum Gasteiger partial charge on any atom is 0.430 e. The Bertz CT molecular complexity index is 856. The van der Waals surface area contributed by atoms with Crippen molar-refractivity contribution in [2.45, 2.75) is 38.2 Å². The van der Waals surface area contributed by atoms with Crippen LogP contribution in [-0.2, 0) is 16.0 Å². The molecular weight excluding hydrogens is 397 g/mol. The van der Waals surface area contributed by atoms with Gasteiger partial charge >= 0.3 is 12.7 Å². The van der Waals surface area contributed by atoms with Gasteiger partial charge < -0.3 is 40.5 Å². The molecule has 1 unspecified atom stereocenters. The molecule has 0 aromatic heterocycles. The van der Waals surface area contributed by atoms with Crippen molar-refractivity contribution in [3.63, 3.8) is 0 Å². The van der Waals surface area contributed by atoms with Gasteiger partial charge in [-0.2, -0.15) is 0 Å². The number of ether oxygens (including phenoxy) is 1. The lowest BCUT2D eigenvalue weighted by molar-refractivity contribution is -0.141. The fourth-order valence-corrected chi connectivity index (χ4v) is 3.47. The zero-order valence-electron chi connectivity index (χ0n) is 16.5. The number of benzene rings is 1. The molecule has 0 saturated carbocycles. The second-order valence-corrected chi connectivity index (χ2v) is 7.61. The number of hydrogen-bond acceptors (Lipinski definition) is 8. The van der Waals surface area contributed by atoms with Crippen LogP contribution in [0.15, 0.2) is 12.1 Å². The van der Waals surface area contributed by atoms with Gasteiger partial charge in [-0.15, -0.1) is 0 Å². The van der Waals surface area contributed by atoms with Crippen molar-refractivity contribution >= 4 is 24.5 Å². The highest BCUT2D eigenvalue weighted by Gasteiger charge is 2.37. The molecule has 0 radical (unpaired) electrons. The first kappa shape index (κ1) is 21.9. The van der Waals surface area contributed by atoms with Crippen molar-refractivity contribution in [3.05, 3.63) is 23.3 Å². The number of fused-ring (bicyclic) bond motifs is 1. The number of rotatable bonds is 7. The van der Waals surface area contributed by atoms with E-state index in [1.165, 1.54) is 17.9 Å². The molecule has 30 heavy (non-hydrogen) atoms.